The van der Waals surface area contributed by atoms with E-state index in [4.69, 9.17) is 9.47 Å². The Morgan fingerprint density at radius 2 is 1.59 bits per heavy atom. The molecule has 0 aromatic carbocycles. The molecular weight excluding hydrogens is 288 g/mol. The first-order valence-electron chi connectivity index (χ1n) is 7.23. The van der Waals surface area contributed by atoms with Crippen molar-refractivity contribution in [3.8, 4) is 0 Å². The van der Waals surface area contributed by atoms with E-state index in [9.17, 15) is 14.4 Å². The molecule has 120 valence electrons. The zero-order valence-corrected chi connectivity index (χ0v) is 12.3. The maximum atomic E-state index is 11.5. The Balaban J connectivity index is 1.60. The van der Waals surface area contributed by atoms with Crippen molar-refractivity contribution in [3.05, 3.63) is 24.4 Å². The monoisotopic (exact) mass is 308 g/mol. The minimum Gasteiger partial charge on any atom is -0.462 e. The number of rotatable bonds is 6. The van der Waals surface area contributed by atoms with Crippen LogP contribution in [0.15, 0.2) is 24.4 Å². The van der Waals surface area contributed by atoms with E-state index in [2.05, 4.69) is 17.2 Å². The smallest absolute Gasteiger partial charge is 0.331 e. The van der Waals surface area contributed by atoms with Gasteiger partial charge in [0.2, 0.25) is 5.91 Å². The van der Waals surface area contributed by atoms with Crippen molar-refractivity contribution in [2.24, 2.45) is 11.8 Å². The van der Waals surface area contributed by atoms with Gasteiger partial charge in [-0.3, -0.25) is 4.79 Å². The fourth-order valence-electron chi connectivity index (χ4n) is 2.31. The van der Waals surface area contributed by atoms with Crippen LogP contribution in [0.1, 0.15) is 12.8 Å². The van der Waals surface area contributed by atoms with E-state index in [1.54, 1.807) is 0 Å². The minimum absolute atomic E-state index is 0.000216. The van der Waals surface area contributed by atoms with Gasteiger partial charge < -0.3 is 20.1 Å². The number of amides is 1. The molecule has 7 heteroatoms. The molecular formula is C15H20N2O5. The van der Waals surface area contributed by atoms with Crippen LogP contribution in [0.25, 0.3) is 0 Å². The van der Waals surface area contributed by atoms with Crippen LogP contribution in [0.5, 0.6) is 0 Å². The normalized spacial score (nSPS) is 24.2. The van der Waals surface area contributed by atoms with Crippen molar-refractivity contribution >= 4 is 17.8 Å². The molecule has 2 saturated heterocycles. The van der Waals surface area contributed by atoms with E-state index in [1.165, 1.54) is 0 Å². The minimum atomic E-state index is -0.618. The summed E-state index contributed by atoms with van der Waals surface area (Å²) >= 11 is 0. The van der Waals surface area contributed by atoms with Gasteiger partial charge in [-0.1, -0.05) is 6.58 Å². The summed E-state index contributed by atoms with van der Waals surface area (Å²) in [6.45, 7) is 5.50. The van der Waals surface area contributed by atoms with Crippen LogP contribution in [0.2, 0.25) is 0 Å². The largest absolute Gasteiger partial charge is 0.462 e. The Bertz CT molecular complexity index is 456. The zero-order valence-electron chi connectivity index (χ0n) is 12.3. The van der Waals surface area contributed by atoms with Gasteiger partial charge in [0.1, 0.15) is 0 Å². The molecule has 0 aliphatic carbocycles. The second-order valence-electron chi connectivity index (χ2n) is 5.52. The number of allylic oxidation sites excluding steroid dienone is 1. The van der Waals surface area contributed by atoms with Crippen LogP contribution in [-0.2, 0) is 23.9 Å². The third-order valence-corrected chi connectivity index (χ3v) is 3.52. The number of nitrogens with one attached hydrogen (secondary N) is 2. The van der Waals surface area contributed by atoms with Gasteiger partial charge >= 0.3 is 11.9 Å². The molecule has 2 atom stereocenters. The van der Waals surface area contributed by atoms with Gasteiger partial charge in [0, 0.05) is 49.2 Å². The maximum Gasteiger partial charge on any atom is 0.331 e. The maximum absolute atomic E-state index is 11.5. The van der Waals surface area contributed by atoms with Gasteiger partial charge in [0.15, 0.2) is 0 Å². The number of ether oxygens (including phenoxy) is 2. The molecule has 2 rings (SSSR count). The first-order valence-corrected chi connectivity index (χ1v) is 7.23. The predicted molar refractivity (Wildman–Crippen MR) is 77.4 cm³/mol. The van der Waals surface area contributed by atoms with E-state index in [0.29, 0.717) is 19.6 Å². The predicted octanol–water partition coefficient (Wildman–Crippen LogP) is -0.112. The van der Waals surface area contributed by atoms with E-state index in [0.717, 1.165) is 30.8 Å². The lowest BCUT2D eigenvalue weighted by molar-refractivity contribution is -0.141. The molecule has 22 heavy (non-hydrogen) atoms. The van der Waals surface area contributed by atoms with E-state index < -0.39 is 11.9 Å². The lowest BCUT2D eigenvalue weighted by atomic mass is 10.1. The Morgan fingerprint density at radius 1 is 1.05 bits per heavy atom. The first-order chi connectivity index (χ1) is 10.5. The van der Waals surface area contributed by atoms with Crippen molar-refractivity contribution in [3.63, 3.8) is 0 Å². The highest BCUT2D eigenvalue weighted by molar-refractivity contribution is 5.91. The van der Waals surface area contributed by atoms with E-state index in [-0.39, 0.29) is 24.3 Å². The summed E-state index contributed by atoms with van der Waals surface area (Å²) in [7, 11) is 0. The molecule has 0 bridgehead atoms. The number of carbonyl (C=O) groups excluding carboxylic acids is 3. The molecule has 2 unspecified atom stereocenters. The van der Waals surface area contributed by atoms with E-state index >= 15 is 0 Å². The molecule has 1 amide bonds. The molecule has 2 heterocycles. The van der Waals surface area contributed by atoms with E-state index in [1.807, 2.05) is 0 Å². The highest BCUT2D eigenvalue weighted by Gasteiger charge is 2.22. The summed E-state index contributed by atoms with van der Waals surface area (Å²) in [4.78, 5) is 33.9. The quantitative estimate of drug-likeness (QED) is 0.525. The molecule has 2 aliphatic heterocycles. The van der Waals surface area contributed by atoms with Crippen molar-refractivity contribution in [1.29, 1.82) is 0 Å². The third-order valence-electron chi connectivity index (χ3n) is 3.52. The van der Waals surface area contributed by atoms with Crippen molar-refractivity contribution in [2.45, 2.75) is 12.8 Å². The second-order valence-corrected chi connectivity index (χ2v) is 5.52. The molecule has 0 aromatic heterocycles. The molecule has 0 aromatic rings. The topological polar surface area (TPSA) is 93.7 Å². The van der Waals surface area contributed by atoms with Gasteiger partial charge in [-0.05, 0) is 6.42 Å². The summed E-state index contributed by atoms with van der Waals surface area (Å²) in [5, 5.41) is 5.74. The summed E-state index contributed by atoms with van der Waals surface area (Å²) in [5.41, 5.74) is 0.944. The lowest BCUT2D eigenvalue weighted by Gasteiger charge is -2.07. The lowest BCUT2D eigenvalue weighted by Crippen LogP contribution is -2.17. The van der Waals surface area contributed by atoms with Crippen molar-refractivity contribution < 1.29 is 23.9 Å². The Hall–Kier alpha value is -2.31. The van der Waals surface area contributed by atoms with Crippen molar-refractivity contribution in [2.75, 3.05) is 26.3 Å². The average Bonchev–Trinajstić information content (AvgIpc) is 3.09. The van der Waals surface area contributed by atoms with Crippen LogP contribution in [0, 0.1) is 11.8 Å². The fraction of sp³-hybridized carbons (Fsp3) is 0.533. The van der Waals surface area contributed by atoms with Crippen LogP contribution in [-0.4, -0.2) is 44.1 Å². The zero-order chi connectivity index (χ0) is 15.9. The summed E-state index contributed by atoms with van der Waals surface area (Å²) in [6, 6.07) is 0. The number of hydrogen-bond acceptors (Lipinski definition) is 6. The standard InChI is InChI=1S/C15H20N2O5/c1-10-4-11(6-16-10)8-21-14(19)2-3-15(20)22-9-12-5-13(18)17-7-12/h2-3,11-12,16H,1,4-9H2,(H,17,18)/b3-2+. The van der Waals surface area contributed by atoms with Gasteiger partial charge in [0.05, 0.1) is 13.2 Å². The Morgan fingerprint density at radius 3 is 2.05 bits per heavy atom. The van der Waals surface area contributed by atoms with Crippen LogP contribution < -0.4 is 10.6 Å². The first kappa shape index (κ1) is 16.1. The highest BCUT2D eigenvalue weighted by atomic mass is 16.5. The molecule has 2 N–H and O–H groups in total. The summed E-state index contributed by atoms with van der Waals surface area (Å²) in [6.07, 6.45) is 3.24. The summed E-state index contributed by atoms with van der Waals surface area (Å²) in [5.74, 6) is -1.01. The number of carbonyl (C=O) groups is 3. The van der Waals surface area contributed by atoms with Crippen LogP contribution >= 0.6 is 0 Å². The van der Waals surface area contributed by atoms with Gasteiger partial charge in [-0.15, -0.1) is 0 Å². The van der Waals surface area contributed by atoms with Gasteiger partial charge in [0.25, 0.3) is 0 Å². The molecule has 2 aliphatic rings. The fourth-order valence-corrected chi connectivity index (χ4v) is 2.31. The molecule has 0 radical (unpaired) electrons. The Kier molecular flexibility index (Phi) is 5.57. The van der Waals surface area contributed by atoms with Crippen molar-refractivity contribution in [1.82, 2.24) is 10.6 Å². The second kappa shape index (κ2) is 7.63. The summed E-state index contributed by atoms with van der Waals surface area (Å²) < 4.78 is 10.0. The Labute approximate surface area is 128 Å². The van der Waals surface area contributed by atoms with Gasteiger partial charge in [-0.2, -0.15) is 0 Å². The van der Waals surface area contributed by atoms with Crippen LogP contribution in [0.3, 0.4) is 0 Å². The average molecular weight is 308 g/mol. The SMILES string of the molecule is C=C1CC(COC(=O)/C=C/C(=O)OCC2CNC(=O)C2)CN1. The van der Waals surface area contributed by atoms with Crippen LogP contribution in [0.4, 0.5) is 0 Å². The highest BCUT2D eigenvalue weighted by Crippen LogP contribution is 2.15. The third kappa shape index (κ3) is 5.23. The molecule has 0 spiro atoms. The number of esters is 2. The molecule has 0 saturated carbocycles. The molecule has 2 fully saturated rings. The van der Waals surface area contributed by atoms with Gasteiger partial charge in [-0.25, -0.2) is 9.59 Å². The number of hydrogen-bond donors (Lipinski definition) is 2. The molecule has 7 nitrogen and oxygen atoms in total.